The van der Waals surface area contributed by atoms with Crippen molar-refractivity contribution in [2.24, 2.45) is 17.8 Å². The van der Waals surface area contributed by atoms with E-state index in [4.69, 9.17) is 16.0 Å². The molecule has 128 valence electrons. The average molecular weight is 348 g/mol. The van der Waals surface area contributed by atoms with E-state index < -0.39 is 0 Å². The number of nitrogens with one attached hydrogen (secondary N) is 1. The summed E-state index contributed by atoms with van der Waals surface area (Å²) < 4.78 is 7.35. The van der Waals surface area contributed by atoms with Crippen LogP contribution in [0.3, 0.4) is 0 Å². The standard InChI is InChI=1S/C18H22ClN3O2/c1-11(16-7-12-2-3-13(16)6-12)21-18(23)17-5-4-15(24-17)10-22-9-14(19)8-20-22/h4-5,8-9,11-13,16H,2-3,6-7,10H2,1H3,(H,21,23)/t11-,12+,13+,16+/m0/s1. The highest BCUT2D eigenvalue weighted by molar-refractivity contribution is 6.30. The van der Waals surface area contributed by atoms with E-state index >= 15 is 0 Å². The summed E-state index contributed by atoms with van der Waals surface area (Å²) in [6, 6.07) is 3.74. The predicted molar refractivity (Wildman–Crippen MR) is 90.9 cm³/mol. The molecule has 1 N–H and O–H groups in total. The van der Waals surface area contributed by atoms with Crippen molar-refractivity contribution in [1.29, 1.82) is 0 Å². The van der Waals surface area contributed by atoms with E-state index in [2.05, 4.69) is 17.3 Å². The van der Waals surface area contributed by atoms with E-state index in [1.165, 1.54) is 25.7 Å². The normalized spacial score (nSPS) is 26.7. The fourth-order valence-corrected chi connectivity index (χ4v) is 4.62. The number of hydrogen-bond acceptors (Lipinski definition) is 3. The van der Waals surface area contributed by atoms with Gasteiger partial charge in [0.15, 0.2) is 5.76 Å². The van der Waals surface area contributed by atoms with Crippen LogP contribution >= 0.6 is 11.6 Å². The zero-order valence-electron chi connectivity index (χ0n) is 13.7. The zero-order valence-corrected chi connectivity index (χ0v) is 14.5. The highest BCUT2D eigenvalue weighted by atomic mass is 35.5. The van der Waals surface area contributed by atoms with Crippen LogP contribution in [-0.4, -0.2) is 21.7 Å². The molecule has 5 nitrogen and oxygen atoms in total. The molecular formula is C18H22ClN3O2. The van der Waals surface area contributed by atoms with Crippen molar-refractivity contribution in [3.05, 3.63) is 41.1 Å². The minimum Gasteiger partial charge on any atom is -0.454 e. The monoisotopic (exact) mass is 347 g/mol. The molecule has 0 aromatic carbocycles. The minimum atomic E-state index is -0.130. The van der Waals surface area contributed by atoms with E-state index in [1.807, 2.05) is 6.07 Å². The summed E-state index contributed by atoms with van der Waals surface area (Å²) in [4.78, 5) is 12.4. The summed E-state index contributed by atoms with van der Waals surface area (Å²) in [5, 5.41) is 7.82. The van der Waals surface area contributed by atoms with Crippen LogP contribution in [0, 0.1) is 17.8 Å². The molecule has 4 rings (SSSR count). The molecule has 2 aliphatic rings. The van der Waals surface area contributed by atoms with Crippen LogP contribution in [0.25, 0.3) is 0 Å². The third-order valence-corrected chi connectivity index (χ3v) is 5.79. The second-order valence-corrected chi connectivity index (χ2v) is 7.66. The van der Waals surface area contributed by atoms with E-state index in [0.29, 0.717) is 29.0 Å². The van der Waals surface area contributed by atoms with Crippen LogP contribution in [0.4, 0.5) is 0 Å². The molecule has 0 radical (unpaired) electrons. The summed E-state index contributed by atoms with van der Waals surface area (Å²) in [5.74, 6) is 3.21. The summed E-state index contributed by atoms with van der Waals surface area (Å²) >= 11 is 5.85. The Labute approximate surface area is 146 Å². The van der Waals surface area contributed by atoms with Crippen molar-refractivity contribution in [2.75, 3.05) is 0 Å². The lowest BCUT2D eigenvalue weighted by Gasteiger charge is -2.28. The van der Waals surface area contributed by atoms with E-state index in [0.717, 1.165) is 11.8 Å². The van der Waals surface area contributed by atoms with Gasteiger partial charge in [-0.3, -0.25) is 9.48 Å². The molecule has 2 aromatic rings. The van der Waals surface area contributed by atoms with Crippen molar-refractivity contribution >= 4 is 17.5 Å². The molecule has 2 aromatic heterocycles. The largest absolute Gasteiger partial charge is 0.454 e. The molecule has 6 heteroatoms. The lowest BCUT2D eigenvalue weighted by Crippen LogP contribution is -2.40. The Morgan fingerprint density at radius 2 is 2.33 bits per heavy atom. The van der Waals surface area contributed by atoms with Crippen molar-refractivity contribution in [3.8, 4) is 0 Å². The van der Waals surface area contributed by atoms with Gasteiger partial charge in [0, 0.05) is 12.2 Å². The van der Waals surface area contributed by atoms with Crippen molar-refractivity contribution in [2.45, 2.75) is 45.2 Å². The molecule has 4 atom stereocenters. The van der Waals surface area contributed by atoms with E-state index in [9.17, 15) is 4.79 Å². The summed E-state index contributed by atoms with van der Waals surface area (Å²) in [5.41, 5.74) is 0. The van der Waals surface area contributed by atoms with Crippen LogP contribution in [0.15, 0.2) is 28.9 Å². The highest BCUT2D eigenvalue weighted by Gasteiger charge is 2.42. The number of fused-ring (bicyclic) bond motifs is 2. The molecule has 24 heavy (non-hydrogen) atoms. The van der Waals surface area contributed by atoms with Gasteiger partial charge in [-0.1, -0.05) is 18.0 Å². The van der Waals surface area contributed by atoms with Gasteiger partial charge >= 0.3 is 0 Å². The van der Waals surface area contributed by atoms with Crippen LogP contribution in [0.5, 0.6) is 0 Å². The number of carbonyl (C=O) groups is 1. The van der Waals surface area contributed by atoms with Crippen molar-refractivity contribution in [1.82, 2.24) is 15.1 Å². The first-order valence-electron chi connectivity index (χ1n) is 8.66. The Hall–Kier alpha value is -1.75. The second-order valence-electron chi connectivity index (χ2n) is 7.22. The van der Waals surface area contributed by atoms with Gasteiger partial charge < -0.3 is 9.73 Å². The van der Waals surface area contributed by atoms with Crippen molar-refractivity contribution < 1.29 is 9.21 Å². The number of halogens is 1. The maximum absolute atomic E-state index is 12.4. The first-order valence-corrected chi connectivity index (χ1v) is 9.04. The Balaban J connectivity index is 1.36. The van der Waals surface area contributed by atoms with Gasteiger partial charge in [-0.25, -0.2) is 0 Å². The number of amides is 1. The van der Waals surface area contributed by atoms with Crippen LogP contribution < -0.4 is 5.32 Å². The van der Waals surface area contributed by atoms with Gasteiger partial charge in [0.1, 0.15) is 5.76 Å². The smallest absolute Gasteiger partial charge is 0.287 e. The molecule has 2 aliphatic carbocycles. The Morgan fingerprint density at radius 3 is 3.00 bits per heavy atom. The topological polar surface area (TPSA) is 60.1 Å². The maximum atomic E-state index is 12.4. The molecule has 0 aliphatic heterocycles. The first-order chi connectivity index (χ1) is 11.6. The second kappa shape index (κ2) is 6.28. The van der Waals surface area contributed by atoms with E-state index in [-0.39, 0.29) is 11.9 Å². The molecule has 0 unspecified atom stereocenters. The van der Waals surface area contributed by atoms with Crippen molar-refractivity contribution in [3.63, 3.8) is 0 Å². The molecule has 2 saturated carbocycles. The molecule has 1 amide bonds. The molecular weight excluding hydrogens is 326 g/mol. The van der Waals surface area contributed by atoms with Gasteiger partial charge in [0.2, 0.25) is 0 Å². The fourth-order valence-electron chi connectivity index (χ4n) is 4.46. The van der Waals surface area contributed by atoms with Crippen LogP contribution in [0.2, 0.25) is 5.02 Å². The predicted octanol–water partition coefficient (Wildman–Crippen LogP) is 3.73. The zero-order chi connectivity index (χ0) is 16.7. The third kappa shape index (κ3) is 3.09. The van der Waals surface area contributed by atoms with Crippen LogP contribution in [-0.2, 0) is 6.54 Å². The summed E-state index contributed by atoms with van der Waals surface area (Å²) in [6.45, 7) is 2.58. The van der Waals surface area contributed by atoms with Gasteiger partial charge in [0.05, 0.1) is 17.8 Å². The van der Waals surface area contributed by atoms with Crippen LogP contribution in [0.1, 0.15) is 48.9 Å². The van der Waals surface area contributed by atoms with Gasteiger partial charge in [-0.05, 0) is 56.1 Å². The van der Waals surface area contributed by atoms with Gasteiger partial charge in [-0.2, -0.15) is 5.10 Å². The average Bonchev–Trinajstić information content (AvgIpc) is 3.31. The molecule has 0 spiro atoms. The third-order valence-electron chi connectivity index (χ3n) is 5.60. The number of carbonyl (C=O) groups excluding carboxylic acids is 1. The molecule has 0 saturated heterocycles. The van der Waals surface area contributed by atoms with E-state index in [1.54, 1.807) is 23.1 Å². The number of furan rings is 1. The van der Waals surface area contributed by atoms with Gasteiger partial charge in [-0.15, -0.1) is 0 Å². The lowest BCUT2D eigenvalue weighted by atomic mass is 9.84. The minimum absolute atomic E-state index is 0.130. The fraction of sp³-hybridized carbons (Fsp3) is 0.556. The highest BCUT2D eigenvalue weighted by Crippen LogP contribution is 2.49. The Bertz CT molecular complexity index is 738. The maximum Gasteiger partial charge on any atom is 0.287 e. The Kier molecular flexibility index (Phi) is 4.12. The Morgan fingerprint density at radius 1 is 1.46 bits per heavy atom. The lowest BCUT2D eigenvalue weighted by molar-refractivity contribution is 0.0885. The summed E-state index contributed by atoms with van der Waals surface area (Å²) in [6.07, 6.45) is 8.61. The number of rotatable bonds is 5. The summed E-state index contributed by atoms with van der Waals surface area (Å²) in [7, 11) is 0. The SMILES string of the molecule is C[C@H](NC(=O)c1ccc(Cn2cc(Cl)cn2)o1)[C@H]1C[C@@H]2CC[C@@H]1C2. The number of nitrogens with zero attached hydrogens (tertiary/aromatic N) is 2. The molecule has 2 bridgehead atoms. The van der Waals surface area contributed by atoms with Gasteiger partial charge in [0.25, 0.3) is 5.91 Å². The quantitative estimate of drug-likeness (QED) is 0.896. The first kappa shape index (κ1) is 15.8. The number of aromatic nitrogens is 2. The molecule has 2 fully saturated rings. The molecule has 2 heterocycles. The number of hydrogen-bond donors (Lipinski definition) is 1.